The highest BCUT2D eigenvalue weighted by Crippen LogP contribution is 2.23. The molecular weight excluding hydrogens is 255 g/mol. The molecule has 0 unspecified atom stereocenters. The van der Waals surface area contributed by atoms with Gasteiger partial charge in [-0.1, -0.05) is 12.1 Å². The Hall–Kier alpha value is -2.20. The summed E-state index contributed by atoms with van der Waals surface area (Å²) in [5.74, 6) is -0.563. The Balaban J connectivity index is 1.84. The summed E-state index contributed by atoms with van der Waals surface area (Å²) in [5.41, 5.74) is 3.67. The molecule has 2 aromatic carbocycles. The first-order valence-corrected chi connectivity index (χ1v) is 6.62. The third kappa shape index (κ3) is 2.56. The lowest BCUT2D eigenvalue weighted by molar-refractivity contribution is 0.102. The fourth-order valence-electron chi connectivity index (χ4n) is 2.43. The number of carbonyl (C=O) groups is 1. The second kappa shape index (κ2) is 5.43. The molecule has 0 bridgehead atoms. The maximum absolute atomic E-state index is 12.9. The fourth-order valence-corrected chi connectivity index (χ4v) is 2.43. The van der Waals surface area contributed by atoms with Gasteiger partial charge in [0.1, 0.15) is 5.82 Å². The van der Waals surface area contributed by atoms with E-state index in [1.54, 1.807) is 0 Å². The van der Waals surface area contributed by atoms with E-state index < -0.39 is 0 Å². The van der Waals surface area contributed by atoms with Crippen LogP contribution in [0.25, 0.3) is 0 Å². The van der Waals surface area contributed by atoms with Gasteiger partial charge in [-0.15, -0.1) is 0 Å². The molecular formula is C16H15FN2O. The number of hydrogen-bond acceptors (Lipinski definition) is 2. The van der Waals surface area contributed by atoms with Crippen molar-refractivity contribution in [2.75, 3.05) is 11.9 Å². The lowest BCUT2D eigenvalue weighted by atomic mass is 9.99. The van der Waals surface area contributed by atoms with Crippen molar-refractivity contribution in [3.8, 4) is 0 Å². The maximum atomic E-state index is 12.9. The van der Waals surface area contributed by atoms with Crippen molar-refractivity contribution in [3.05, 3.63) is 65.0 Å². The molecule has 1 aliphatic heterocycles. The first-order chi connectivity index (χ1) is 9.74. The molecule has 3 nitrogen and oxygen atoms in total. The van der Waals surface area contributed by atoms with Gasteiger partial charge in [0.15, 0.2) is 0 Å². The van der Waals surface area contributed by atoms with Crippen molar-refractivity contribution >= 4 is 11.6 Å². The van der Waals surface area contributed by atoms with Crippen molar-refractivity contribution in [1.29, 1.82) is 0 Å². The average Bonchev–Trinajstić information content (AvgIpc) is 2.48. The summed E-state index contributed by atoms with van der Waals surface area (Å²) < 4.78 is 12.9. The quantitative estimate of drug-likeness (QED) is 0.881. The summed E-state index contributed by atoms with van der Waals surface area (Å²) in [5, 5.41) is 6.21. The van der Waals surface area contributed by atoms with Crippen LogP contribution in [0.1, 0.15) is 21.5 Å². The van der Waals surface area contributed by atoms with Crippen LogP contribution in [0.5, 0.6) is 0 Å². The molecule has 20 heavy (non-hydrogen) atoms. The van der Waals surface area contributed by atoms with Crippen LogP contribution in [-0.2, 0) is 13.0 Å². The zero-order valence-electron chi connectivity index (χ0n) is 10.9. The highest BCUT2D eigenvalue weighted by atomic mass is 19.1. The molecule has 2 N–H and O–H groups in total. The van der Waals surface area contributed by atoms with E-state index in [0.717, 1.165) is 30.8 Å². The van der Waals surface area contributed by atoms with Crippen LogP contribution < -0.4 is 10.6 Å². The minimum Gasteiger partial charge on any atom is -0.322 e. The smallest absolute Gasteiger partial charge is 0.255 e. The Morgan fingerprint density at radius 1 is 1.15 bits per heavy atom. The number of hydrogen-bond donors (Lipinski definition) is 2. The highest BCUT2D eigenvalue weighted by molar-refractivity contribution is 6.04. The topological polar surface area (TPSA) is 41.1 Å². The fraction of sp³-hybridized carbons (Fsp3) is 0.188. The van der Waals surface area contributed by atoms with Crippen LogP contribution in [0.3, 0.4) is 0 Å². The zero-order valence-corrected chi connectivity index (χ0v) is 10.9. The maximum Gasteiger partial charge on any atom is 0.255 e. The molecule has 1 aliphatic rings. The molecule has 0 atom stereocenters. The molecule has 0 saturated heterocycles. The SMILES string of the molecule is O=C(Nc1cccc2c1CNCC2)c1ccc(F)cc1. The lowest BCUT2D eigenvalue weighted by Gasteiger charge is -2.20. The monoisotopic (exact) mass is 270 g/mol. The third-order valence-corrected chi connectivity index (χ3v) is 3.50. The Bertz CT molecular complexity index is 637. The van der Waals surface area contributed by atoms with Crippen molar-refractivity contribution in [1.82, 2.24) is 5.32 Å². The van der Waals surface area contributed by atoms with Gasteiger partial charge >= 0.3 is 0 Å². The predicted molar refractivity (Wildman–Crippen MR) is 76.2 cm³/mol. The number of carbonyl (C=O) groups excluding carboxylic acids is 1. The highest BCUT2D eigenvalue weighted by Gasteiger charge is 2.14. The van der Waals surface area contributed by atoms with Crippen LogP contribution in [0.15, 0.2) is 42.5 Å². The normalized spacial score (nSPS) is 13.7. The first-order valence-electron chi connectivity index (χ1n) is 6.62. The van der Waals surface area contributed by atoms with E-state index in [4.69, 9.17) is 0 Å². The number of anilines is 1. The van der Waals surface area contributed by atoms with Crippen LogP contribution in [0.2, 0.25) is 0 Å². The number of rotatable bonds is 2. The number of amides is 1. The Morgan fingerprint density at radius 3 is 2.75 bits per heavy atom. The van der Waals surface area contributed by atoms with E-state index in [-0.39, 0.29) is 11.7 Å². The van der Waals surface area contributed by atoms with Gasteiger partial charge in [0.25, 0.3) is 5.91 Å². The molecule has 1 heterocycles. The molecule has 4 heteroatoms. The molecule has 0 saturated carbocycles. The van der Waals surface area contributed by atoms with Gasteiger partial charge < -0.3 is 10.6 Å². The molecule has 1 amide bonds. The first kappa shape index (κ1) is 12.8. The molecule has 0 aromatic heterocycles. The van der Waals surface area contributed by atoms with E-state index in [1.807, 2.05) is 12.1 Å². The Morgan fingerprint density at radius 2 is 1.95 bits per heavy atom. The minimum absolute atomic E-state index is 0.219. The summed E-state index contributed by atoms with van der Waals surface area (Å²) in [6, 6.07) is 11.5. The van der Waals surface area contributed by atoms with E-state index in [1.165, 1.54) is 29.8 Å². The van der Waals surface area contributed by atoms with Crippen LogP contribution in [-0.4, -0.2) is 12.5 Å². The second-order valence-electron chi connectivity index (χ2n) is 4.83. The van der Waals surface area contributed by atoms with Crippen LogP contribution >= 0.6 is 0 Å². The molecule has 0 radical (unpaired) electrons. The van der Waals surface area contributed by atoms with Gasteiger partial charge in [0.05, 0.1) is 0 Å². The standard InChI is InChI=1S/C16H15FN2O/c17-13-6-4-12(5-7-13)16(20)19-15-3-1-2-11-8-9-18-10-14(11)15/h1-7,18H,8-10H2,(H,19,20). The van der Waals surface area contributed by atoms with Gasteiger partial charge in [-0.05, 0) is 54.4 Å². The number of halogens is 1. The largest absolute Gasteiger partial charge is 0.322 e. The van der Waals surface area contributed by atoms with Crippen molar-refractivity contribution in [2.24, 2.45) is 0 Å². The summed E-state index contributed by atoms with van der Waals surface area (Å²) in [6.45, 7) is 1.72. The van der Waals surface area contributed by atoms with Crippen LogP contribution in [0.4, 0.5) is 10.1 Å². The Kier molecular flexibility index (Phi) is 3.48. The number of nitrogens with one attached hydrogen (secondary N) is 2. The molecule has 0 spiro atoms. The van der Waals surface area contributed by atoms with E-state index in [0.29, 0.717) is 5.56 Å². The summed E-state index contributed by atoms with van der Waals surface area (Å²) >= 11 is 0. The zero-order chi connectivity index (χ0) is 13.9. The summed E-state index contributed by atoms with van der Waals surface area (Å²) in [4.78, 5) is 12.2. The molecule has 0 aliphatic carbocycles. The van der Waals surface area contributed by atoms with Crippen LogP contribution in [0, 0.1) is 5.82 Å². The lowest BCUT2D eigenvalue weighted by Crippen LogP contribution is -2.25. The molecule has 102 valence electrons. The van der Waals surface area contributed by atoms with Crippen molar-refractivity contribution in [3.63, 3.8) is 0 Å². The third-order valence-electron chi connectivity index (χ3n) is 3.50. The van der Waals surface area contributed by atoms with E-state index in [9.17, 15) is 9.18 Å². The predicted octanol–water partition coefficient (Wildman–Crippen LogP) is 2.72. The average molecular weight is 270 g/mol. The van der Waals surface area contributed by atoms with E-state index >= 15 is 0 Å². The van der Waals surface area contributed by atoms with Gasteiger partial charge in [0, 0.05) is 17.8 Å². The van der Waals surface area contributed by atoms with Gasteiger partial charge in [0.2, 0.25) is 0 Å². The number of fused-ring (bicyclic) bond motifs is 1. The Labute approximate surface area is 116 Å². The van der Waals surface area contributed by atoms with Gasteiger partial charge in [-0.3, -0.25) is 4.79 Å². The summed E-state index contributed by atoms with van der Waals surface area (Å²) in [7, 11) is 0. The summed E-state index contributed by atoms with van der Waals surface area (Å²) in [6.07, 6.45) is 0.968. The van der Waals surface area contributed by atoms with Gasteiger partial charge in [-0.25, -0.2) is 4.39 Å². The molecule has 2 aromatic rings. The number of benzene rings is 2. The van der Waals surface area contributed by atoms with Gasteiger partial charge in [-0.2, -0.15) is 0 Å². The molecule has 0 fully saturated rings. The second-order valence-corrected chi connectivity index (χ2v) is 4.83. The van der Waals surface area contributed by atoms with E-state index in [2.05, 4.69) is 16.7 Å². The molecule has 3 rings (SSSR count). The van der Waals surface area contributed by atoms with Crippen molar-refractivity contribution < 1.29 is 9.18 Å². The minimum atomic E-state index is -0.345. The van der Waals surface area contributed by atoms with Crippen molar-refractivity contribution in [2.45, 2.75) is 13.0 Å².